The third-order valence-electron chi connectivity index (χ3n) is 5.18. The van der Waals surface area contributed by atoms with Crippen molar-refractivity contribution in [3.8, 4) is 0 Å². The molecule has 0 bridgehead atoms. The van der Waals surface area contributed by atoms with Gasteiger partial charge in [-0.25, -0.2) is 4.68 Å². The molecular formula is C20H25N3O2. The van der Waals surface area contributed by atoms with Gasteiger partial charge in [-0.3, -0.25) is 9.69 Å². The summed E-state index contributed by atoms with van der Waals surface area (Å²) in [5, 5.41) is 4.69. The summed E-state index contributed by atoms with van der Waals surface area (Å²) in [6.45, 7) is 2.84. The van der Waals surface area contributed by atoms with E-state index < -0.39 is 0 Å². The Morgan fingerprint density at radius 3 is 2.84 bits per heavy atom. The highest BCUT2D eigenvalue weighted by molar-refractivity contribution is 5.20. The third kappa shape index (κ3) is 3.83. The minimum absolute atomic E-state index is 0.0170. The summed E-state index contributed by atoms with van der Waals surface area (Å²) in [6, 6.07) is 12.1. The zero-order valence-corrected chi connectivity index (χ0v) is 14.6. The van der Waals surface area contributed by atoms with E-state index in [1.807, 2.05) is 24.3 Å². The van der Waals surface area contributed by atoms with Gasteiger partial charge in [0.2, 0.25) is 0 Å². The number of benzene rings is 1. The molecule has 1 aromatic heterocycles. The van der Waals surface area contributed by atoms with Crippen molar-refractivity contribution >= 4 is 0 Å². The number of nitrogens with zero attached hydrogens (tertiary/aromatic N) is 3. The van der Waals surface area contributed by atoms with E-state index in [1.54, 1.807) is 4.68 Å². The van der Waals surface area contributed by atoms with Crippen LogP contribution in [0.1, 0.15) is 42.2 Å². The minimum atomic E-state index is 0.0170. The smallest absolute Gasteiger partial charge is 0.268 e. The minimum Gasteiger partial charge on any atom is -0.371 e. The van der Waals surface area contributed by atoms with E-state index in [1.165, 1.54) is 24.8 Å². The van der Waals surface area contributed by atoms with Crippen LogP contribution in [0.4, 0.5) is 0 Å². The second-order valence-corrected chi connectivity index (χ2v) is 7.00. The van der Waals surface area contributed by atoms with Gasteiger partial charge in [-0.2, -0.15) is 5.10 Å². The van der Waals surface area contributed by atoms with Crippen molar-refractivity contribution < 1.29 is 4.74 Å². The van der Waals surface area contributed by atoms with E-state index in [-0.39, 0.29) is 11.7 Å². The standard InChI is InChI=1S/C20H25N3O2/c24-20-13-17-9-5-2-6-10-18(17)21-23(20)15-22-11-12-25-19(14-22)16-7-3-1-4-8-16/h1,3-4,7-8,13,19H,2,5-6,9-12,14-15H2. The van der Waals surface area contributed by atoms with Crippen LogP contribution in [0.25, 0.3) is 0 Å². The SMILES string of the molecule is O=c1cc2c(nn1CN1CCOC(c3ccccc3)C1)CCCCC2. The molecular weight excluding hydrogens is 314 g/mol. The molecule has 1 unspecified atom stereocenters. The lowest BCUT2D eigenvalue weighted by Crippen LogP contribution is -2.42. The molecule has 1 atom stereocenters. The number of ether oxygens (including phenoxy) is 1. The number of hydrogen-bond donors (Lipinski definition) is 0. The fourth-order valence-corrected chi connectivity index (χ4v) is 3.77. The molecule has 1 aliphatic carbocycles. The van der Waals surface area contributed by atoms with E-state index in [0.717, 1.165) is 37.2 Å². The van der Waals surface area contributed by atoms with Gasteiger partial charge in [0.15, 0.2) is 0 Å². The first-order chi connectivity index (χ1) is 12.3. The van der Waals surface area contributed by atoms with Crippen LogP contribution in [0.15, 0.2) is 41.2 Å². The van der Waals surface area contributed by atoms with Gasteiger partial charge in [0.25, 0.3) is 5.56 Å². The summed E-state index contributed by atoms with van der Waals surface area (Å²) in [5.74, 6) is 0. The Morgan fingerprint density at radius 1 is 1.12 bits per heavy atom. The lowest BCUT2D eigenvalue weighted by molar-refractivity contribution is -0.0422. The van der Waals surface area contributed by atoms with Gasteiger partial charge >= 0.3 is 0 Å². The highest BCUT2D eigenvalue weighted by atomic mass is 16.5. The van der Waals surface area contributed by atoms with Crippen molar-refractivity contribution in [1.29, 1.82) is 0 Å². The quantitative estimate of drug-likeness (QED) is 0.807. The fourth-order valence-electron chi connectivity index (χ4n) is 3.77. The number of aromatic nitrogens is 2. The normalized spacial score (nSPS) is 21.5. The molecule has 1 aliphatic heterocycles. The molecule has 0 N–H and O–H groups in total. The first-order valence-electron chi connectivity index (χ1n) is 9.28. The Hall–Kier alpha value is -1.98. The molecule has 0 spiro atoms. The van der Waals surface area contributed by atoms with Crippen LogP contribution in [0.5, 0.6) is 0 Å². The summed E-state index contributed by atoms with van der Waals surface area (Å²) in [5.41, 5.74) is 3.48. The largest absolute Gasteiger partial charge is 0.371 e. The molecule has 0 radical (unpaired) electrons. The zero-order valence-electron chi connectivity index (χ0n) is 14.6. The van der Waals surface area contributed by atoms with E-state index in [4.69, 9.17) is 4.74 Å². The fraction of sp³-hybridized carbons (Fsp3) is 0.500. The van der Waals surface area contributed by atoms with Crippen LogP contribution in [0.3, 0.4) is 0 Å². The molecule has 2 aliphatic rings. The van der Waals surface area contributed by atoms with E-state index in [2.05, 4.69) is 22.1 Å². The van der Waals surface area contributed by atoms with E-state index in [9.17, 15) is 4.79 Å². The monoisotopic (exact) mass is 339 g/mol. The molecule has 1 saturated heterocycles. The van der Waals surface area contributed by atoms with Crippen LogP contribution in [0, 0.1) is 0 Å². The van der Waals surface area contributed by atoms with Crippen LogP contribution in [-0.4, -0.2) is 34.4 Å². The summed E-state index contributed by atoms with van der Waals surface area (Å²) < 4.78 is 7.56. The second kappa shape index (κ2) is 7.50. The van der Waals surface area contributed by atoms with Gasteiger partial charge in [0.05, 0.1) is 25.1 Å². The van der Waals surface area contributed by atoms with Crippen LogP contribution >= 0.6 is 0 Å². The average molecular weight is 339 g/mol. The Bertz CT molecular complexity index is 772. The number of aryl methyl sites for hydroxylation is 2. The first kappa shape index (κ1) is 16.5. The maximum absolute atomic E-state index is 12.5. The van der Waals surface area contributed by atoms with Crippen LogP contribution in [-0.2, 0) is 24.2 Å². The van der Waals surface area contributed by atoms with Crippen LogP contribution < -0.4 is 5.56 Å². The Balaban J connectivity index is 1.50. The highest BCUT2D eigenvalue weighted by Gasteiger charge is 2.23. The molecule has 0 saturated carbocycles. The molecule has 1 fully saturated rings. The van der Waals surface area contributed by atoms with Crippen LogP contribution in [0.2, 0.25) is 0 Å². The Labute approximate surface area is 148 Å². The molecule has 4 rings (SSSR count). The Kier molecular flexibility index (Phi) is 4.95. The molecule has 5 nitrogen and oxygen atoms in total. The van der Waals surface area contributed by atoms with Crippen molar-refractivity contribution in [2.75, 3.05) is 19.7 Å². The van der Waals surface area contributed by atoms with Gasteiger partial charge in [0, 0.05) is 19.2 Å². The predicted molar refractivity (Wildman–Crippen MR) is 96.5 cm³/mol. The summed E-state index contributed by atoms with van der Waals surface area (Å²) in [7, 11) is 0. The topological polar surface area (TPSA) is 47.4 Å². The predicted octanol–water partition coefficient (Wildman–Crippen LogP) is 2.54. The summed E-state index contributed by atoms with van der Waals surface area (Å²) in [6.07, 6.45) is 5.61. The molecule has 2 heterocycles. The number of fused-ring (bicyclic) bond motifs is 1. The van der Waals surface area contributed by atoms with Crippen molar-refractivity contribution in [3.63, 3.8) is 0 Å². The summed E-state index contributed by atoms with van der Waals surface area (Å²) in [4.78, 5) is 14.7. The second-order valence-electron chi connectivity index (χ2n) is 7.00. The number of hydrogen-bond acceptors (Lipinski definition) is 4. The highest BCUT2D eigenvalue weighted by Crippen LogP contribution is 2.22. The van der Waals surface area contributed by atoms with Gasteiger partial charge in [-0.15, -0.1) is 0 Å². The molecule has 0 amide bonds. The van der Waals surface area contributed by atoms with Crippen molar-refractivity contribution in [2.45, 2.75) is 44.9 Å². The average Bonchev–Trinajstić information content (AvgIpc) is 2.88. The van der Waals surface area contributed by atoms with Gasteiger partial charge < -0.3 is 4.74 Å². The maximum Gasteiger partial charge on any atom is 0.268 e. The van der Waals surface area contributed by atoms with Crippen molar-refractivity contribution in [1.82, 2.24) is 14.7 Å². The molecule has 25 heavy (non-hydrogen) atoms. The van der Waals surface area contributed by atoms with Gasteiger partial charge in [-0.1, -0.05) is 36.8 Å². The molecule has 5 heteroatoms. The van der Waals surface area contributed by atoms with Gasteiger partial charge in [-0.05, 0) is 36.8 Å². The lowest BCUT2D eigenvalue weighted by atomic mass is 10.1. The van der Waals surface area contributed by atoms with Crippen molar-refractivity contribution in [2.24, 2.45) is 0 Å². The third-order valence-corrected chi connectivity index (χ3v) is 5.18. The van der Waals surface area contributed by atoms with E-state index in [0.29, 0.717) is 13.3 Å². The zero-order chi connectivity index (χ0) is 17.1. The Morgan fingerprint density at radius 2 is 1.96 bits per heavy atom. The molecule has 1 aromatic carbocycles. The van der Waals surface area contributed by atoms with Gasteiger partial charge in [0.1, 0.15) is 0 Å². The number of rotatable bonds is 3. The van der Waals surface area contributed by atoms with Crippen molar-refractivity contribution in [3.05, 3.63) is 63.6 Å². The lowest BCUT2D eigenvalue weighted by Gasteiger charge is -2.33. The number of morpholine rings is 1. The molecule has 132 valence electrons. The molecule has 2 aromatic rings. The van der Waals surface area contributed by atoms with E-state index >= 15 is 0 Å². The first-order valence-corrected chi connectivity index (χ1v) is 9.28. The maximum atomic E-state index is 12.5. The summed E-state index contributed by atoms with van der Waals surface area (Å²) >= 11 is 0.